The molecule has 1 N–H and O–H groups in total. The maximum Gasteiger partial charge on any atom is 0.235 e. The Balaban J connectivity index is 2.16. The Kier molecular flexibility index (Phi) is 1.87. The highest BCUT2D eigenvalue weighted by Gasteiger charge is 2.22. The van der Waals surface area contributed by atoms with Gasteiger partial charge in [0.1, 0.15) is 0 Å². The molecular weight excluding hydrogens is 158 g/mol. The third kappa shape index (κ3) is 1.23. The highest BCUT2D eigenvalue weighted by atomic mass is 16.5. The van der Waals surface area contributed by atoms with Crippen LogP contribution in [0.15, 0.2) is 4.52 Å². The van der Waals surface area contributed by atoms with Gasteiger partial charge in [-0.1, -0.05) is 5.16 Å². The van der Waals surface area contributed by atoms with Crippen molar-refractivity contribution in [2.45, 2.75) is 12.3 Å². The Hall–Kier alpha value is -1.23. The van der Waals surface area contributed by atoms with E-state index in [1.54, 1.807) is 0 Å². The lowest BCUT2D eigenvalue weighted by Crippen LogP contribution is -2.08. The van der Waals surface area contributed by atoms with Gasteiger partial charge in [-0.05, 0) is 13.0 Å². The maximum atomic E-state index is 10.2. The summed E-state index contributed by atoms with van der Waals surface area (Å²) < 4.78 is 4.91. The minimum Gasteiger partial charge on any atom is -0.339 e. The fourth-order valence-electron chi connectivity index (χ4n) is 1.33. The molecule has 1 aliphatic rings. The van der Waals surface area contributed by atoms with Crippen LogP contribution in [0.25, 0.3) is 0 Å². The Bertz CT molecular complexity index is 278. The number of aldehydes is 1. The molecule has 1 aromatic heterocycles. The van der Waals surface area contributed by atoms with Crippen molar-refractivity contribution in [1.29, 1.82) is 0 Å². The quantitative estimate of drug-likeness (QED) is 0.626. The van der Waals surface area contributed by atoms with Crippen molar-refractivity contribution in [3.63, 3.8) is 0 Å². The highest BCUT2D eigenvalue weighted by Crippen LogP contribution is 2.19. The summed E-state index contributed by atoms with van der Waals surface area (Å²) in [4.78, 5) is 14.2. The van der Waals surface area contributed by atoms with Gasteiger partial charge in [0.2, 0.25) is 11.7 Å². The second-order valence-corrected chi connectivity index (χ2v) is 2.80. The molecule has 1 aliphatic heterocycles. The first-order valence-electron chi connectivity index (χ1n) is 3.89. The minimum atomic E-state index is 0.136. The lowest BCUT2D eigenvalue weighted by Gasteiger charge is -1.97. The van der Waals surface area contributed by atoms with Crippen molar-refractivity contribution in [3.05, 3.63) is 11.7 Å². The van der Waals surface area contributed by atoms with E-state index in [1.165, 1.54) is 0 Å². The Morgan fingerprint density at radius 1 is 1.67 bits per heavy atom. The van der Waals surface area contributed by atoms with Crippen LogP contribution in [-0.2, 0) is 0 Å². The van der Waals surface area contributed by atoms with Crippen LogP contribution in [-0.4, -0.2) is 29.5 Å². The lowest BCUT2D eigenvalue weighted by atomic mass is 10.1. The van der Waals surface area contributed by atoms with E-state index in [0.717, 1.165) is 19.5 Å². The van der Waals surface area contributed by atoms with E-state index in [4.69, 9.17) is 4.52 Å². The van der Waals surface area contributed by atoms with Gasteiger partial charge in [0.05, 0.1) is 5.92 Å². The van der Waals surface area contributed by atoms with Crippen LogP contribution in [0.3, 0.4) is 0 Å². The number of aromatic nitrogens is 2. The standard InChI is InChI=1S/C7H9N3O2/c11-4-6-9-7(12-10-6)5-1-2-8-3-5/h4-5,8H,1-3H2. The van der Waals surface area contributed by atoms with Gasteiger partial charge in [-0.15, -0.1) is 0 Å². The number of carbonyl (C=O) groups is 1. The molecule has 5 heteroatoms. The summed E-state index contributed by atoms with van der Waals surface area (Å²) in [6.07, 6.45) is 1.59. The molecule has 5 nitrogen and oxygen atoms in total. The van der Waals surface area contributed by atoms with Crippen LogP contribution in [0.2, 0.25) is 0 Å². The molecule has 1 fully saturated rings. The molecule has 64 valence electrons. The van der Waals surface area contributed by atoms with Crippen molar-refractivity contribution in [1.82, 2.24) is 15.5 Å². The summed E-state index contributed by atoms with van der Waals surface area (Å²) in [5.74, 6) is 0.991. The van der Waals surface area contributed by atoms with Crippen molar-refractivity contribution in [2.24, 2.45) is 0 Å². The molecule has 0 amide bonds. The zero-order valence-corrected chi connectivity index (χ0v) is 6.49. The predicted molar refractivity (Wildman–Crippen MR) is 39.9 cm³/mol. The Morgan fingerprint density at radius 2 is 2.58 bits per heavy atom. The first-order valence-corrected chi connectivity index (χ1v) is 3.89. The molecule has 1 unspecified atom stereocenters. The molecule has 1 atom stereocenters. The van der Waals surface area contributed by atoms with E-state index in [1.807, 2.05) is 0 Å². The molecule has 0 aliphatic carbocycles. The van der Waals surface area contributed by atoms with Crippen molar-refractivity contribution < 1.29 is 9.32 Å². The van der Waals surface area contributed by atoms with Crippen LogP contribution in [0, 0.1) is 0 Å². The van der Waals surface area contributed by atoms with Crippen molar-refractivity contribution in [2.75, 3.05) is 13.1 Å². The average Bonchev–Trinajstić information content (AvgIpc) is 2.75. The van der Waals surface area contributed by atoms with Gasteiger partial charge < -0.3 is 9.84 Å². The van der Waals surface area contributed by atoms with Gasteiger partial charge in [-0.3, -0.25) is 4.79 Å². The van der Waals surface area contributed by atoms with E-state index < -0.39 is 0 Å². The van der Waals surface area contributed by atoms with Crippen molar-refractivity contribution in [3.8, 4) is 0 Å². The van der Waals surface area contributed by atoms with E-state index in [-0.39, 0.29) is 11.7 Å². The summed E-state index contributed by atoms with van der Waals surface area (Å²) in [5.41, 5.74) is 0. The molecule has 1 saturated heterocycles. The largest absolute Gasteiger partial charge is 0.339 e. The van der Waals surface area contributed by atoms with Gasteiger partial charge in [-0.2, -0.15) is 4.98 Å². The third-order valence-electron chi connectivity index (χ3n) is 1.97. The smallest absolute Gasteiger partial charge is 0.235 e. The van der Waals surface area contributed by atoms with Crippen LogP contribution < -0.4 is 5.32 Å². The van der Waals surface area contributed by atoms with Gasteiger partial charge in [0.15, 0.2) is 6.29 Å². The number of hydrogen-bond donors (Lipinski definition) is 1. The van der Waals surface area contributed by atoms with Crippen LogP contribution >= 0.6 is 0 Å². The van der Waals surface area contributed by atoms with E-state index in [9.17, 15) is 4.79 Å². The SMILES string of the molecule is O=Cc1noc(C2CCNC2)n1. The number of hydrogen-bond acceptors (Lipinski definition) is 5. The predicted octanol–water partition coefficient (Wildman–Crippen LogP) is -0.0410. The van der Waals surface area contributed by atoms with E-state index in [0.29, 0.717) is 12.2 Å². The topological polar surface area (TPSA) is 68.0 Å². The number of carbonyl (C=O) groups excluding carboxylic acids is 1. The first kappa shape index (κ1) is 7.42. The Morgan fingerprint density at radius 3 is 3.17 bits per heavy atom. The maximum absolute atomic E-state index is 10.2. The molecule has 0 saturated carbocycles. The molecule has 1 aromatic rings. The van der Waals surface area contributed by atoms with Gasteiger partial charge >= 0.3 is 0 Å². The molecule has 0 spiro atoms. The van der Waals surface area contributed by atoms with Crippen molar-refractivity contribution >= 4 is 6.29 Å². The average molecular weight is 167 g/mol. The second kappa shape index (κ2) is 3.02. The second-order valence-electron chi connectivity index (χ2n) is 2.80. The molecule has 0 bridgehead atoms. The van der Waals surface area contributed by atoms with Crippen LogP contribution in [0.4, 0.5) is 0 Å². The Labute approximate surface area is 69.1 Å². The number of nitrogens with zero attached hydrogens (tertiary/aromatic N) is 2. The van der Waals surface area contributed by atoms with Crippen LogP contribution in [0.1, 0.15) is 28.8 Å². The number of rotatable bonds is 2. The van der Waals surface area contributed by atoms with Crippen LogP contribution in [0.5, 0.6) is 0 Å². The zero-order chi connectivity index (χ0) is 8.39. The summed E-state index contributed by atoms with van der Waals surface area (Å²) in [6, 6.07) is 0. The fraction of sp³-hybridized carbons (Fsp3) is 0.571. The van der Waals surface area contributed by atoms with Gasteiger partial charge in [0.25, 0.3) is 0 Å². The molecule has 12 heavy (non-hydrogen) atoms. The van der Waals surface area contributed by atoms with Gasteiger partial charge in [0, 0.05) is 6.54 Å². The highest BCUT2D eigenvalue weighted by molar-refractivity contribution is 5.68. The molecule has 0 radical (unpaired) electrons. The number of nitrogens with one attached hydrogen (secondary N) is 1. The first-order chi connectivity index (χ1) is 5.90. The normalized spacial score (nSPS) is 22.8. The monoisotopic (exact) mass is 167 g/mol. The fourth-order valence-corrected chi connectivity index (χ4v) is 1.33. The third-order valence-corrected chi connectivity index (χ3v) is 1.97. The molecule has 2 rings (SSSR count). The van der Waals surface area contributed by atoms with E-state index in [2.05, 4.69) is 15.5 Å². The molecule has 2 heterocycles. The molecular formula is C7H9N3O2. The summed E-state index contributed by atoms with van der Waals surface area (Å²) in [6.45, 7) is 1.84. The zero-order valence-electron chi connectivity index (χ0n) is 6.49. The summed E-state index contributed by atoms with van der Waals surface area (Å²) in [5, 5.41) is 6.68. The lowest BCUT2D eigenvalue weighted by molar-refractivity contribution is 0.111. The van der Waals surface area contributed by atoms with Gasteiger partial charge in [-0.25, -0.2) is 0 Å². The van der Waals surface area contributed by atoms with E-state index >= 15 is 0 Å². The summed E-state index contributed by atoms with van der Waals surface area (Å²) >= 11 is 0. The molecule has 0 aromatic carbocycles. The summed E-state index contributed by atoms with van der Waals surface area (Å²) in [7, 11) is 0. The minimum absolute atomic E-state index is 0.136.